The smallest absolute Gasteiger partial charge is 0.0706 e. The van der Waals surface area contributed by atoms with E-state index in [1.54, 1.807) is 0 Å². The molecule has 0 heterocycles. The predicted molar refractivity (Wildman–Crippen MR) is 89.7 cm³/mol. The zero-order valence-corrected chi connectivity index (χ0v) is 15.2. The molecule has 0 aromatic heterocycles. The lowest BCUT2D eigenvalue weighted by molar-refractivity contribution is -0.126. The van der Waals surface area contributed by atoms with Gasteiger partial charge in [-0.2, -0.15) is 0 Å². The highest BCUT2D eigenvalue weighted by molar-refractivity contribution is 5.21. The molecule has 0 aromatic rings. The Morgan fingerprint density at radius 1 is 1.09 bits per heavy atom. The number of hydrogen-bond donors (Lipinski definition) is 3. The van der Waals surface area contributed by atoms with Gasteiger partial charge in [-0.25, -0.2) is 0 Å². The first-order chi connectivity index (χ1) is 10.6. The van der Waals surface area contributed by atoms with Gasteiger partial charge >= 0.3 is 0 Å². The summed E-state index contributed by atoms with van der Waals surface area (Å²) in [5, 5.41) is 33.3. The molecule has 3 heteroatoms. The zero-order chi connectivity index (χ0) is 16.8. The Labute approximate surface area is 140 Å². The van der Waals surface area contributed by atoms with Crippen LogP contribution in [0.2, 0.25) is 0 Å². The number of fused-ring (bicyclic) bond motifs is 4. The van der Waals surface area contributed by atoms with E-state index < -0.39 is 11.2 Å². The second kappa shape index (κ2) is 4.53. The van der Waals surface area contributed by atoms with Gasteiger partial charge in [0, 0.05) is 13.0 Å². The van der Waals surface area contributed by atoms with Gasteiger partial charge in [0.05, 0.1) is 11.2 Å². The quantitative estimate of drug-likeness (QED) is 0.695. The van der Waals surface area contributed by atoms with Gasteiger partial charge in [-0.1, -0.05) is 20.8 Å². The summed E-state index contributed by atoms with van der Waals surface area (Å²) >= 11 is 0. The minimum absolute atomic E-state index is 0.124. The topological polar surface area (TPSA) is 60.7 Å². The van der Waals surface area contributed by atoms with Crippen LogP contribution in [0.25, 0.3) is 0 Å². The van der Waals surface area contributed by atoms with E-state index in [1.165, 1.54) is 6.42 Å². The van der Waals surface area contributed by atoms with Crippen LogP contribution in [0.1, 0.15) is 66.2 Å². The highest BCUT2D eigenvalue weighted by atomic mass is 16.3. The molecule has 0 radical (unpaired) electrons. The molecule has 2 unspecified atom stereocenters. The van der Waals surface area contributed by atoms with E-state index in [4.69, 9.17) is 0 Å². The summed E-state index contributed by atoms with van der Waals surface area (Å²) in [5.74, 6) is 2.06. The van der Waals surface area contributed by atoms with E-state index in [2.05, 4.69) is 20.8 Å². The molecular formula is C20H34O3. The number of rotatable bonds is 1. The molecule has 4 rings (SSSR count). The van der Waals surface area contributed by atoms with Crippen LogP contribution in [0, 0.1) is 40.4 Å². The minimum atomic E-state index is -0.882. The molecule has 0 spiro atoms. The highest BCUT2D eigenvalue weighted by Crippen LogP contribution is 2.75. The van der Waals surface area contributed by atoms with Gasteiger partial charge in [0.15, 0.2) is 0 Å². The van der Waals surface area contributed by atoms with E-state index in [-0.39, 0.29) is 29.3 Å². The van der Waals surface area contributed by atoms with Gasteiger partial charge < -0.3 is 15.3 Å². The summed E-state index contributed by atoms with van der Waals surface area (Å²) in [7, 11) is 0. The molecule has 3 nitrogen and oxygen atoms in total. The van der Waals surface area contributed by atoms with Gasteiger partial charge in [-0.05, 0) is 79.4 Å². The average molecular weight is 322 g/mol. The fraction of sp³-hybridized carbons (Fsp3) is 1.00. The van der Waals surface area contributed by atoms with Crippen LogP contribution in [0.4, 0.5) is 0 Å². The molecular weight excluding hydrogens is 288 g/mol. The summed E-state index contributed by atoms with van der Waals surface area (Å²) in [6, 6.07) is 0. The van der Waals surface area contributed by atoms with Crippen LogP contribution in [0.5, 0.6) is 0 Å². The summed E-state index contributed by atoms with van der Waals surface area (Å²) in [6.45, 7) is 8.98. The maximum atomic E-state index is 11.5. The Bertz CT molecular complexity index is 513. The molecule has 8 atom stereocenters. The Hall–Kier alpha value is -0.120. The summed E-state index contributed by atoms with van der Waals surface area (Å²) < 4.78 is 0. The van der Waals surface area contributed by atoms with Gasteiger partial charge in [-0.15, -0.1) is 0 Å². The van der Waals surface area contributed by atoms with Crippen molar-refractivity contribution >= 4 is 0 Å². The van der Waals surface area contributed by atoms with Crippen molar-refractivity contribution in [3.63, 3.8) is 0 Å². The largest absolute Gasteiger partial charge is 0.396 e. The van der Waals surface area contributed by atoms with Crippen LogP contribution < -0.4 is 0 Å². The third-order valence-electron chi connectivity index (χ3n) is 8.56. The van der Waals surface area contributed by atoms with Crippen molar-refractivity contribution < 1.29 is 15.3 Å². The first-order valence-electron chi connectivity index (χ1n) is 9.61. The number of aliphatic hydroxyl groups is 3. The van der Waals surface area contributed by atoms with E-state index in [0.29, 0.717) is 24.2 Å². The second-order valence-electron chi connectivity index (χ2n) is 10.6. The first-order valence-corrected chi connectivity index (χ1v) is 9.61. The van der Waals surface area contributed by atoms with E-state index in [1.807, 2.05) is 6.92 Å². The van der Waals surface area contributed by atoms with Gasteiger partial charge in [0.2, 0.25) is 0 Å². The summed E-state index contributed by atoms with van der Waals surface area (Å²) in [6.07, 6.45) is 5.41. The Kier molecular flexibility index (Phi) is 3.22. The Morgan fingerprint density at radius 3 is 2.43 bits per heavy atom. The standard InChI is InChI=1S/C20H34O3/c1-12-7-13-9-19(11-21)6-5-14-15(17(14,2)3)16(19)18(4,22)10-20(13,23)8-12/h12-16,21-23H,5-11H2,1-4H3/t12?,13-,14+,15+,16+,18?,19+,20+/m1/s1. The van der Waals surface area contributed by atoms with Crippen LogP contribution in [0.3, 0.4) is 0 Å². The van der Waals surface area contributed by atoms with Crippen molar-refractivity contribution in [2.45, 2.75) is 77.4 Å². The molecule has 0 amide bonds. The molecule has 4 saturated carbocycles. The average Bonchev–Trinajstić information content (AvgIpc) is 2.87. The van der Waals surface area contributed by atoms with Crippen LogP contribution in [0.15, 0.2) is 0 Å². The van der Waals surface area contributed by atoms with Crippen molar-refractivity contribution in [2.75, 3.05) is 6.61 Å². The summed E-state index contributed by atoms with van der Waals surface area (Å²) in [4.78, 5) is 0. The molecule has 0 saturated heterocycles. The first kappa shape index (κ1) is 16.4. The van der Waals surface area contributed by atoms with E-state index in [9.17, 15) is 15.3 Å². The fourth-order valence-electron chi connectivity index (χ4n) is 7.77. The molecule has 4 aliphatic rings. The van der Waals surface area contributed by atoms with Crippen molar-refractivity contribution in [3.8, 4) is 0 Å². The molecule has 0 aliphatic heterocycles. The SMILES string of the molecule is CC1C[C@@H]2C[C@]3(CO)CC[C@H]4[C@@H]([C@H]3C(C)(O)C[C@@]2(O)C1)C4(C)C. The zero-order valence-electron chi connectivity index (χ0n) is 15.2. The molecule has 3 N–H and O–H groups in total. The lowest BCUT2D eigenvalue weighted by Crippen LogP contribution is -2.51. The van der Waals surface area contributed by atoms with Gasteiger partial charge in [-0.3, -0.25) is 0 Å². The van der Waals surface area contributed by atoms with Crippen molar-refractivity contribution in [2.24, 2.45) is 40.4 Å². The normalized spacial score (nSPS) is 60.4. The van der Waals surface area contributed by atoms with Crippen molar-refractivity contribution in [3.05, 3.63) is 0 Å². The maximum absolute atomic E-state index is 11.5. The lowest BCUT2D eigenvalue weighted by Gasteiger charge is -2.49. The molecule has 23 heavy (non-hydrogen) atoms. The van der Waals surface area contributed by atoms with Crippen molar-refractivity contribution in [1.82, 2.24) is 0 Å². The molecule has 0 aromatic carbocycles. The second-order valence-corrected chi connectivity index (χ2v) is 10.6. The Balaban J connectivity index is 1.78. The van der Waals surface area contributed by atoms with Crippen LogP contribution in [-0.2, 0) is 0 Å². The van der Waals surface area contributed by atoms with Gasteiger partial charge in [0.1, 0.15) is 0 Å². The van der Waals surface area contributed by atoms with Crippen molar-refractivity contribution in [1.29, 1.82) is 0 Å². The van der Waals surface area contributed by atoms with E-state index >= 15 is 0 Å². The minimum Gasteiger partial charge on any atom is -0.396 e. The lowest BCUT2D eigenvalue weighted by atomic mass is 9.58. The third kappa shape index (κ3) is 2.05. The third-order valence-corrected chi connectivity index (χ3v) is 8.56. The monoisotopic (exact) mass is 322 g/mol. The van der Waals surface area contributed by atoms with Crippen LogP contribution in [-0.4, -0.2) is 33.1 Å². The maximum Gasteiger partial charge on any atom is 0.0706 e. The number of aliphatic hydroxyl groups excluding tert-OH is 1. The molecule has 4 fully saturated rings. The van der Waals surface area contributed by atoms with Gasteiger partial charge in [0.25, 0.3) is 0 Å². The molecule has 132 valence electrons. The molecule has 0 bridgehead atoms. The van der Waals surface area contributed by atoms with E-state index in [0.717, 1.165) is 25.7 Å². The van der Waals surface area contributed by atoms with Crippen LogP contribution >= 0.6 is 0 Å². The Morgan fingerprint density at radius 2 is 1.78 bits per heavy atom. The number of hydrogen-bond acceptors (Lipinski definition) is 3. The fourth-order valence-corrected chi connectivity index (χ4v) is 7.77. The molecule has 4 aliphatic carbocycles. The highest BCUT2D eigenvalue weighted by Gasteiger charge is 2.72. The summed E-state index contributed by atoms with van der Waals surface area (Å²) in [5.41, 5.74) is -1.54. The predicted octanol–water partition coefficient (Wildman–Crippen LogP) is 2.97.